The summed E-state index contributed by atoms with van der Waals surface area (Å²) in [5, 5.41) is 0. The zero-order valence-electron chi connectivity index (χ0n) is 13.1. The maximum absolute atomic E-state index is 11.3. The van der Waals surface area contributed by atoms with Crippen LogP contribution in [0, 0.1) is 5.92 Å². The summed E-state index contributed by atoms with van der Waals surface area (Å²) in [6.45, 7) is 9.29. The van der Waals surface area contributed by atoms with E-state index in [1.165, 1.54) is 24.4 Å². The van der Waals surface area contributed by atoms with Gasteiger partial charge in [0.25, 0.3) is 0 Å². The molecule has 0 saturated carbocycles. The highest BCUT2D eigenvalue weighted by Gasteiger charge is 2.28. The highest BCUT2D eigenvalue weighted by atomic mass is 16.6. The lowest BCUT2D eigenvalue weighted by molar-refractivity contribution is 0.0600. The first-order chi connectivity index (χ1) is 8.95. The van der Waals surface area contributed by atoms with E-state index < -0.39 is 0 Å². The lowest BCUT2D eigenvalue weighted by Gasteiger charge is -2.41. The summed E-state index contributed by atoms with van der Waals surface area (Å²) >= 11 is 0. The second-order valence-electron chi connectivity index (χ2n) is 5.72. The fraction of sp³-hybridized carbons (Fsp3) is 0.929. The highest BCUT2D eigenvalue weighted by molar-refractivity contribution is 5.66. The number of piperidine rings is 1. The van der Waals surface area contributed by atoms with Crippen molar-refractivity contribution in [3.8, 4) is 0 Å². The van der Waals surface area contributed by atoms with Crippen molar-refractivity contribution in [3.63, 3.8) is 0 Å². The van der Waals surface area contributed by atoms with Gasteiger partial charge in [0.15, 0.2) is 0 Å². The lowest BCUT2D eigenvalue weighted by atomic mass is 9.93. The maximum atomic E-state index is 11.3. The van der Waals surface area contributed by atoms with E-state index in [-0.39, 0.29) is 6.09 Å². The van der Waals surface area contributed by atoms with E-state index in [9.17, 15) is 4.79 Å². The van der Waals surface area contributed by atoms with Crippen LogP contribution in [-0.4, -0.2) is 80.8 Å². The van der Waals surface area contributed by atoms with E-state index in [1.54, 1.807) is 14.1 Å². The van der Waals surface area contributed by atoms with Crippen molar-refractivity contribution < 1.29 is 9.53 Å². The minimum atomic E-state index is -0.262. The number of nitrogens with zero attached hydrogens (tertiary/aromatic N) is 3. The van der Waals surface area contributed by atoms with Gasteiger partial charge < -0.3 is 14.5 Å². The monoisotopic (exact) mass is 271 g/mol. The van der Waals surface area contributed by atoms with Crippen LogP contribution in [-0.2, 0) is 4.74 Å². The molecule has 0 unspecified atom stereocenters. The molecule has 2 atom stereocenters. The average Bonchev–Trinajstić information content (AvgIpc) is 2.37. The van der Waals surface area contributed by atoms with Crippen LogP contribution >= 0.6 is 0 Å². The van der Waals surface area contributed by atoms with E-state index in [0.717, 1.165) is 13.1 Å². The molecule has 0 aliphatic carbocycles. The first-order valence-corrected chi connectivity index (χ1v) is 7.22. The highest BCUT2D eigenvalue weighted by Crippen LogP contribution is 2.20. The molecular weight excluding hydrogens is 242 g/mol. The van der Waals surface area contributed by atoms with Crippen molar-refractivity contribution in [2.75, 3.05) is 53.9 Å². The summed E-state index contributed by atoms with van der Waals surface area (Å²) in [6.07, 6.45) is 0.940. The first-order valence-electron chi connectivity index (χ1n) is 7.22. The second-order valence-corrected chi connectivity index (χ2v) is 5.72. The fourth-order valence-electron chi connectivity index (χ4n) is 2.73. The Labute approximate surface area is 117 Å². The van der Waals surface area contributed by atoms with Crippen molar-refractivity contribution in [1.29, 1.82) is 0 Å². The molecule has 0 aromatic rings. The summed E-state index contributed by atoms with van der Waals surface area (Å²) in [7, 11) is 5.54. The molecule has 0 radical (unpaired) electrons. The standard InChI is InChI=1S/C14H29N3O2/c1-6-17-8-7-13(12(2)11-17)16(5)9-10-19-14(18)15(3)4/h12-13H,6-11H2,1-5H3/t12-,13+/m0/s1. The van der Waals surface area contributed by atoms with Gasteiger partial charge in [0, 0.05) is 33.2 Å². The van der Waals surface area contributed by atoms with E-state index in [4.69, 9.17) is 4.74 Å². The van der Waals surface area contributed by atoms with E-state index in [2.05, 4.69) is 30.7 Å². The molecule has 5 nitrogen and oxygen atoms in total. The number of likely N-dealkylation sites (tertiary alicyclic amines) is 1. The normalized spacial score (nSPS) is 24.5. The van der Waals surface area contributed by atoms with Gasteiger partial charge in [0.1, 0.15) is 6.61 Å². The SMILES string of the molecule is CCN1CC[C@@H](N(C)CCOC(=O)N(C)C)[C@@H](C)C1. The molecule has 0 N–H and O–H groups in total. The summed E-state index contributed by atoms with van der Waals surface area (Å²) in [5.74, 6) is 0.670. The molecule has 0 bridgehead atoms. The molecule has 1 fully saturated rings. The minimum Gasteiger partial charge on any atom is -0.448 e. The zero-order valence-corrected chi connectivity index (χ0v) is 13.1. The lowest BCUT2D eigenvalue weighted by Crippen LogP contribution is -2.49. The molecule has 1 aliphatic rings. The molecule has 112 valence electrons. The molecule has 1 heterocycles. The number of carbonyl (C=O) groups excluding carboxylic acids is 1. The predicted octanol–water partition coefficient (Wildman–Crippen LogP) is 1.35. The third-order valence-corrected chi connectivity index (χ3v) is 3.99. The molecular formula is C14H29N3O2. The molecule has 1 aliphatic heterocycles. The molecule has 19 heavy (non-hydrogen) atoms. The summed E-state index contributed by atoms with van der Waals surface area (Å²) in [6, 6.07) is 0.598. The molecule has 5 heteroatoms. The molecule has 0 aromatic carbocycles. The van der Waals surface area contributed by atoms with Crippen LogP contribution in [0.15, 0.2) is 0 Å². The van der Waals surface area contributed by atoms with Crippen molar-refractivity contribution in [3.05, 3.63) is 0 Å². The van der Waals surface area contributed by atoms with Crippen molar-refractivity contribution in [1.82, 2.24) is 14.7 Å². The van der Waals surface area contributed by atoms with Gasteiger partial charge >= 0.3 is 6.09 Å². The number of ether oxygens (including phenoxy) is 1. The largest absolute Gasteiger partial charge is 0.448 e. The van der Waals surface area contributed by atoms with Crippen LogP contribution in [0.25, 0.3) is 0 Å². The third-order valence-electron chi connectivity index (χ3n) is 3.99. The van der Waals surface area contributed by atoms with Gasteiger partial charge in [-0.3, -0.25) is 4.90 Å². The minimum absolute atomic E-state index is 0.262. The second kappa shape index (κ2) is 7.70. The van der Waals surface area contributed by atoms with Crippen molar-refractivity contribution >= 4 is 6.09 Å². The molecule has 1 amide bonds. The quantitative estimate of drug-likeness (QED) is 0.756. The smallest absolute Gasteiger partial charge is 0.409 e. The number of hydrogen-bond acceptors (Lipinski definition) is 4. The Morgan fingerprint density at radius 2 is 2.05 bits per heavy atom. The van der Waals surface area contributed by atoms with Gasteiger partial charge in [0.2, 0.25) is 0 Å². The van der Waals surface area contributed by atoms with Gasteiger partial charge in [-0.15, -0.1) is 0 Å². The Kier molecular flexibility index (Phi) is 6.58. The molecule has 1 saturated heterocycles. The van der Waals surface area contributed by atoms with Crippen LogP contribution in [0.5, 0.6) is 0 Å². The number of likely N-dealkylation sites (N-methyl/N-ethyl adjacent to an activating group) is 1. The van der Waals surface area contributed by atoms with Gasteiger partial charge in [-0.2, -0.15) is 0 Å². The van der Waals surface area contributed by atoms with Crippen LogP contribution in [0.3, 0.4) is 0 Å². The number of amides is 1. The van der Waals surface area contributed by atoms with Gasteiger partial charge in [-0.05, 0) is 32.5 Å². The first kappa shape index (κ1) is 16.2. The number of hydrogen-bond donors (Lipinski definition) is 0. The Hall–Kier alpha value is -0.810. The third kappa shape index (κ3) is 4.99. The Morgan fingerprint density at radius 1 is 1.37 bits per heavy atom. The topological polar surface area (TPSA) is 36.0 Å². The zero-order chi connectivity index (χ0) is 14.4. The summed E-state index contributed by atoms with van der Waals surface area (Å²) in [5.41, 5.74) is 0. The van der Waals surface area contributed by atoms with E-state index in [0.29, 0.717) is 18.6 Å². The van der Waals surface area contributed by atoms with E-state index in [1.807, 2.05) is 0 Å². The Balaban J connectivity index is 2.29. The van der Waals surface area contributed by atoms with Crippen molar-refractivity contribution in [2.24, 2.45) is 5.92 Å². The number of rotatable bonds is 5. The fourth-order valence-corrected chi connectivity index (χ4v) is 2.73. The van der Waals surface area contributed by atoms with Gasteiger partial charge in [0.05, 0.1) is 0 Å². The van der Waals surface area contributed by atoms with Crippen molar-refractivity contribution in [2.45, 2.75) is 26.3 Å². The molecule has 0 spiro atoms. The summed E-state index contributed by atoms with van der Waals surface area (Å²) < 4.78 is 5.18. The predicted molar refractivity (Wildman–Crippen MR) is 77.3 cm³/mol. The van der Waals surface area contributed by atoms with Crippen LogP contribution in [0.4, 0.5) is 4.79 Å². The summed E-state index contributed by atoms with van der Waals surface area (Å²) in [4.78, 5) is 17.6. The van der Waals surface area contributed by atoms with Crippen LogP contribution in [0.1, 0.15) is 20.3 Å². The molecule has 0 aromatic heterocycles. The molecule has 1 rings (SSSR count). The Morgan fingerprint density at radius 3 is 2.58 bits per heavy atom. The van der Waals surface area contributed by atoms with E-state index >= 15 is 0 Å². The van der Waals surface area contributed by atoms with Gasteiger partial charge in [-0.25, -0.2) is 4.79 Å². The van der Waals surface area contributed by atoms with Gasteiger partial charge in [-0.1, -0.05) is 13.8 Å². The Bertz CT molecular complexity index is 284. The van der Waals surface area contributed by atoms with Crippen LogP contribution in [0.2, 0.25) is 0 Å². The van der Waals surface area contributed by atoms with Crippen LogP contribution < -0.4 is 0 Å². The maximum Gasteiger partial charge on any atom is 0.409 e. The number of carbonyl (C=O) groups is 1. The average molecular weight is 271 g/mol.